The normalized spacial score (nSPS) is 23.5. The van der Waals surface area contributed by atoms with E-state index in [9.17, 15) is 0 Å². The number of ether oxygens (including phenoxy) is 1. The van der Waals surface area contributed by atoms with Crippen molar-refractivity contribution in [1.29, 1.82) is 0 Å². The predicted molar refractivity (Wildman–Crippen MR) is 76.8 cm³/mol. The Hall–Kier alpha value is -1.14. The van der Waals surface area contributed by atoms with E-state index < -0.39 is 0 Å². The average Bonchev–Trinajstić information content (AvgIpc) is 3.01. The van der Waals surface area contributed by atoms with Gasteiger partial charge in [0.25, 0.3) is 0 Å². The molecule has 104 valence electrons. The molecule has 1 aliphatic heterocycles. The summed E-state index contributed by atoms with van der Waals surface area (Å²) in [7, 11) is 1.97. The van der Waals surface area contributed by atoms with Crippen LogP contribution in [0.1, 0.15) is 25.5 Å². The maximum Gasteiger partial charge on any atom is 0.179 e. The lowest BCUT2D eigenvalue weighted by Crippen LogP contribution is -2.20. The quantitative estimate of drug-likeness (QED) is 0.879. The van der Waals surface area contributed by atoms with E-state index in [1.807, 2.05) is 18.7 Å². The number of nitrogens with zero attached hydrogens (tertiary/aromatic N) is 3. The van der Waals surface area contributed by atoms with Crippen molar-refractivity contribution in [1.82, 2.24) is 19.3 Å². The summed E-state index contributed by atoms with van der Waals surface area (Å²) in [6, 6.07) is 0. The molecule has 2 unspecified atom stereocenters. The zero-order chi connectivity index (χ0) is 13.6. The first-order chi connectivity index (χ1) is 9.11. The van der Waals surface area contributed by atoms with Gasteiger partial charge in [0, 0.05) is 26.1 Å². The van der Waals surface area contributed by atoms with Gasteiger partial charge in [0.2, 0.25) is 0 Å². The number of imidazole rings is 1. The highest BCUT2D eigenvalue weighted by Crippen LogP contribution is 2.27. The minimum absolute atomic E-state index is 0.362. The highest BCUT2D eigenvalue weighted by molar-refractivity contribution is 7.71. The maximum absolute atomic E-state index is 5.77. The van der Waals surface area contributed by atoms with Crippen LogP contribution in [-0.4, -0.2) is 32.0 Å². The summed E-state index contributed by atoms with van der Waals surface area (Å²) in [5, 5.41) is 4.45. The largest absolute Gasteiger partial charge is 0.378 e. The van der Waals surface area contributed by atoms with E-state index in [-0.39, 0.29) is 0 Å². The second kappa shape index (κ2) is 4.76. The first kappa shape index (κ1) is 12.9. The molecule has 3 heterocycles. The molecule has 1 fully saturated rings. The zero-order valence-corrected chi connectivity index (χ0v) is 12.5. The molecule has 0 aliphatic carbocycles. The van der Waals surface area contributed by atoms with Crippen LogP contribution in [0, 0.1) is 17.6 Å². The van der Waals surface area contributed by atoms with E-state index in [4.69, 9.17) is 17.0 Å². The van der Waals surface area contributed by atoms with Gasteiger partial charge in [-0.05, 0) is 32.0 Å². The Morgan fingerprint density at radius 1 is 1.53 bits per heavy atom. The summed E-state index contributed by atoms with van der Waals surface area (Å²) < 4.78 is 10.6. The summed E-state index contributed by atoms with van der Waals surface area (Å²) in [5.41, 5.74) is 3.14. The molecule has 0 saturated carbocycles. The van der Waals surface area contributed by atoms with Crippen LogP contribution in [-0.2, 0) is 18.3 Å². The second-order valence-corrected chi connectivity index (χ2v) is 5.70. The van der Waals surface area contributed by atoms with E-state index in [1.165, 1.54) is 0 Å². The molecule has 2 atom stereocenters. The smallest absolute Gasteiger partial charge is 0.179 e. The maximum atomic E-state index is 5.77. The SMILES string of the molecule is CCC1OCCC1Cn1c(=S)[nH]c2c(C)nn(C)c21. The van der Waals surface area contributed by atoms with Crippen molar-refractivity contribution >= 4 is 23.4 Å². The number of aromatic nitrogens is 4. The zero-order valence-electron chi connectivity index (χ0n) is 11.6. The third-order valence-electron chi connectivity index (χ3n) is 4.09. The lowest BCUT2D eigenvalue weighted by Gasteiger charge is -2.17. The van der Waals surface area contributed by atoms with Crippen molar-refractivity contribution in [2.75, 3.05) is 6.61 Å². The summed E-state index contributed by atoms with van der Waals surface area (Å²) >= 11 is 5.46. The van der Waals surface area contributed by atoms with E-state index >= 15 is 0 Å². The number of fused-ring (bicyclic) bond motifs is 1. The van der Waals surface area contributed by atoms with Crippen LogP contribution in [0.3, 0.4) is 0 Å². The number of hydrogen-bond donors (Lipinski definition) is 1. The van der Waals surface area contributed by atoms with Gasteiger partial charge in [-0.25, -0.2) is 0 Å². The number of rotatable bonds is 3. The van der Waals surface area contributed by atoms with E-state index in [1.54, 1.807) is 0 Å². The molecule has 2 aromatic rings. The molecule has 0 bridgehead atoms. The van der Waals surface area contributed by atoms with Crippen molar-refractivity contribution in [2.45, 2.75) is 39.3 Å². The molecule has 6 heteroatoms. The van der Waals surface area contributed by atoms with Crippen LogP contribution in [0.25, 0.3) is 11.2 Å². The minimum atomic E-state index is 0.362. The topological polar surface area (TPSA) is 47.8 Å². The van der Waals surface area contributed by atoms with E-state index in [0.29, 0.717) is 12.0 Å². The molecule has 0 radical (unpaired) electrons. The van der Waals surface area contributed by atoms with Crippen LogP contribution >= 0.6 is 12.2 Å². The molecule has 2 aromatic heterocycles. The minimum Gasteiger partial charge on any atom is -0.378 e. The predicted octanol–water partition coefficient (Wildman–Crippen LogP) is 2.56. The Morgan fingerprint density at radius 2 is 2.32 bits per heavy atom. The molecule has 1 aliphatic rings. The third kappa shape index (κ3) is 2.03. The molecule has 5 nitrogen and oxygen atoms in total. The molecule has 19 heavy (non-hydrogen) atoms. The third-order valence-corrected chi connectivity index (χ3v) is 4.41. The van der Waals surface area contributed by atoms with Gasteiger partial charge in [0.05, 0.1) is 11.8 Å². The first-order valence-corrected chi connectivity index (χ1v) is 7.26. The van der Waals surface area contributed by atoms with Crippen molar-refractivity contribution in [2.24, 2.45) is 13.0 Å². The summed E-state index contributed by atoms with van der Waals surface area (Å²) in [6.07, 6.45) is 2.54. The Morgan fingerprint density at radius 3 is 3.05 bits per heavy atom. The summed E-state index contributed by atoms with van der Waals surface area (Å²) in [4.78, 5) is 3.28. The number of hydrogen-bond acceptors (Lipinski definition) is 3. The number of H-pyrrole nitrogens is 1. The molecular weight excluding hydrogens is 260 g/mol. The molecule has 0 spiro atoms. The van der Waals surface area contributed by atoms with Crippen molar-refractivity contribution < 1.29 is 4.74 Å². The lowest BCUT2D eigenvalue weighted by atomic mass is 10.00. The van der Waals surface area contributed by atoms with Gasteiger partial charge in [0.15, 0.2) is 10.4 Å². The van der Waals surface area contributed by atoms with Crippen LogP contribution < -0.4 is 0 Å². The van der Waals surface area contributed by atoms with Gasteiger partial charge in [0.1, 0.15) is 5.52 Å². The van der Waals surface area contributed by atoms with Crippen LogP contribution in [0.5, 0.6) is 0 Å². The lowest BCUT2D eigenvalue weighted by molar-refractivity contribution is 0.0836. The van der Waals surface area contributed by atoms with Gasteiger partial charge in [-0.1, -0.05) is 6.92 Å². The molecule has 0 aromatic carbocycles. The second-order valence-electron chi connectivity index (χ2n) is 5.31. The Labute approximate surface area is 117 Å². The highest BCUT2D eigenvalue weighted by Gasteiger charge is 2.28. The van der Waals surface area contributed by atoms with Gasteiger partial charge in [-0.3, -0.25) is 4.68 Å². The standard InChI is InChI=1S/C13H20N4OS/c1-4-10-9(5-6-18-10)7-17-12-11(14-13(17)19)8(2)15-16(12)3/h9-10H,4-7H2,1-3H3,(H,14,19). The van der Waals surface area contributed by atoms with Gasteiger partial charge in [-0.15, -0.1) is 0 Å². The molecule has 0 amide bonds. The van der Waals surface area contributed by atoms with Crippen LogP contribution in [0.15, 0.2) is 0 Å². The monoisotopic (exact) mass is 280 g/mol. The fraction of sp³-hybridized carbons (Fsp3) is 0.692. The Kier molecular flexibility index (Phi) is 3.22. The van der Waals surface area contributed by atoms with E-state index in [0.717, 1.165) is 47.6 Å². The van der Waals surface area contributed by atoms with Gasteiger partial charge >= 0.3 is 0 Å². The van der Waals surface area contributed by atoms with Crippen molar-refractivity contribution in [3.8, 4) is 0 Å². The molecular formula is C13H20N4OS. The van der Waals surface area contributed by atoms with Gasteiger partial charge < -0.3 is 14.3 Å². The summed E-state index contributed by atoms with van der Waals surface area (Å²) in [5.74, 6) is 0.547. The average molecular weight is 280 g/mol. The fourth-order valence-corrected chi connectivity index (χ4v) is 3.39. The Balaban J connectivity index is 2.01. The van der Waals surface area contributed by atoms with E-state index in [2.05, 4.69) is 21.6 Å². The highest BCUT2D eigenvalue weighted by atomic mass is 32.1. The summed E-state index contributed by atoms with van der Waals surface area (Å²) in [6.45, 7) is 5.97. The molecule has 1 N–H and O–H groups in total. The number of aromatic amines is 1. The van der Waals surface area contributed by atoms with Crippen molar-refractivity contribution in [3.63, 3.8) is 0 Å². The van der Waals surface area contributed by atoms with Crippen LogP contribution in [0.4, 0.5) is 0 Å². The molecule has 1 saturated heterocycles. The van der Waals surface area contributed by atoms with Crippen molar-refractivity contribution in [3.05, 3.63) is 10.5 Å². The Bertz CT molecular complexity index is 653. The van der Waals surface area contributed by atoms with Crippen LogP contribution in [0.2, 0.25) is 0 Å². The number of aryl methyl sites for hydroxylation is 2. The first-order valence-electron chi connectivity index (χ1n) is 6.85. The molecule has 3 rings (SSSR count). The number of nitrogens with one attached hydrogen (secondary N) is 1. The van der Waals surface area contributed by atoms with Gasteiger partial charge in [-0.2, -0.15) is 5.10 Å². The fourth-order valence-electron chi connectivity index (χ4n) is 3.13.